The number of hydrogen-bond acceptors (Lipinski definition) is 2. The van der Waals surface area contributed by atoms with Crippen LogP contribution in [0.4, 0.5) is 8.78 Å². The average Bonchev–Trinajstić information content (AvgIpc) is 2.44. The Balaban J connectivity index is 1.89. The van der Waals surface area contributed by atoms with Crippen LogP contribution in [0, 0.1) is 11.6 Å². The lowest BCUT2D eigenvalue weighted by Gasteiger charge is -2.39. The van der Waals surface area contributed by atoms with Crippen LogP contribution < -0.4 is 5.32 Å². The number of hydrogen-bond donors (Lipinski definition) is 1. The molecule has 0 saturated carbocycles. The van der Waals surface area contributed by atoms with Crippen molar-refractivity contribution in [1.29, 1.82) is 0 Å². The predicted molar refractivity (Wildman–Crippen MR) is 89.5 cm³/mol. The lowest BCUT2D eigenvalue weighted by atomic mass is 10.1. The SMILES string of the molecule is CN=C(NCCc1ccc(F)cc1F)N1CCSC(C)(C)C1. The van der Waals surface area contributed by atoms with E-state index in [9.17, 15) is 8.78 Å². The van der Waals surface area contributed by atoms with E-state index < -0.39 is 11.6 Å². The second-order valence-electron chi connectivity index (χ2n) is 5.99. The third-order valence-corrected chi connectivity index (χ3v) is 4.93. The number of halogens is 2. The minimum Gasteiger partial charge on any atom is -0.356 e. The molecular weight excluding hydrogens is 304 g/mol. The van der Waals surface area contributed by atoms with Crippen molar-refractivity contribution in [2.24, 2.45) is 4.99 Å². The molecule has 0 radical (unpaired) electrons. The number of aliphatic imine (C=N–C) groups is 1. The number of rotatable bonds is 3. The van der Waals surface area contributed by atoms with Crippen molar-refractivity contribution in [2.75, 3.05) is 32.4 Å². The highest BCUT2D eigenvalue weighted by molar-refractivity contribution is 8.00. The van der Waals surface area contributed by atoms with Crippen LogP contribution in [0.1, 0.15) is 19.4 Å². The van der Waals surface area contributed by atoms with Crippen LogP contribution >= 0.6 is 11.8 Å². The minimum absolute atomic E-state index is 0.207. The van der Waals surface area contributed by atoms with E-state index in [4.69, 9.17) is 0 Å². The number of guanidine groups is 1. The van der Waals surface area contributed by atoms with Gasteiger partial charge >= 0.3 is 0 Å². The van der Waals surface area contributed by atoms with Gasteiger partial charge in [0.25, 0.3) is 0 Å². The summed E-state index contributed by atoms with van der Waals surface area (Å²) < 4.78 is 26.7. The summed E-state index contributed by atoms with van der Waals surface area (Å²) in [5.41, 5.74) is 0.513. The smallest absolute Gasteiger partial charge is 0.193 e. The molecule has 122 valence electrons. The standard InChI is InChI=1S/C16H23F2N3S/c1-16(2)11-21(8-9-22-16)15(19-3)20-7-6-12-4-5-13(17)10-14(12)18/h4-5,10H,6-9,11H2,1-3H3,(H,19,20). The van der Waals surface area contributed by atoms with Crippen molar-refractivity contribution in [1.82, 2.24) is 10.2 Å². The molecule has 3 nitrogen and oxygen atoms in total. The zero-order chi connectivity index (χ0) is 16.2. The zero-order valence-corrected chi connectivity index (χ0v) is 14.1. The van der Waals surface area contributed by atoms with Crippen LogP contribution in [0.25, 0.3) is 0 Å². The van der Waals surface area contributed by atoms with E-state index in [0.29, 0.717) is 18.5 Å². The molecule has 0 atom stereocenters. The summed E-state index contributed by atoms with van der Waals surface area (Å²) in [6.07, 6.45) is 0.497. The Morgan fingerprint density at radius 1 is 1.41 bits per heavy atom. The predicted octanol–water partition coefficient (Wildman–Crippen LogP) is 2.91. The van der Waals surface area contributed by atoms with Gasteiger partial charge in [-0.05, 0) is 31.9 Å². The van der Waals surface area contributed by atoms with Gasteiger partial charge in [-0.15, -0.1) is 0 Å². The second-order valence-corrected chi connectivity index (χ2v) is 7.79. The quantitative estimate of drug-likeness (QED) is 0.683. The van der Waals surface area contributed by atoms with E-state index in [1.54, 1.807) is 7.05 Å². The van der Waals surface area contributed by atoms with Crippen molar-refractivity contribution in [3.05, 3.63) is 35.4 Å². The maximum atomic E-state index is 13.6. The maximum Gasteiger partial charge on any atom is 0.193 e. The Hall–Kier alpha value is -1.30. The number of nitrogens with one attached hydrogen (secondary N) is 1. The van der Waals surface area contributed by atoms with Crippen LogP contribution in [0.15, 0.2) is 23.2 Å². The maximum absolute atomic E-state index is 13.6. The minimum atomic E-state index is -0.543. The van der Waals surface area contributed by atoms with E-state index >= 15 is 0 Å². The van der Waals surface area contributed by atoms with Gasteiger partial charge in [0.05, 0.1) is 0 Å². The molecule has 0 amide bonds. The van der Waals surface area contributed by atoms with E-state index in [2.05, 4.69) is 29.1 Å². The first-order valence-corrected chi connectivity index (χ1v) is 8.43. The Bertz CT molecular complexity index is 546. The second kappa shape index (κ2) is 7.31. The van der Waals surface area contributed by atoms with E-state index in [0.717, 1.165) is 30.9 Å². The summed E-state index contributed by atoms with van der Waals surface area (Å²) in [5.74, 6) is 0.876. The molecular formula is C16H23F2N3S. The van der Waals surface area contributed by atoms with E-state index in [1.807, 2.05) is 11.8 Å². The van der Waals surface area contributed by atoms with Crippen LogP contribution in [0.5, 0.6) is 0 Å². The molecule has 2 rings (SSSR count). The summed E-state index contributed by atoms with van der Waals surface area (Å²) in [7, 11) is 1.76. The fourth-order valence-electron chi connectivity index (χ4n) is 2.56. The normalized spacial score (nSPS) is 18.4. The van der Waals surface area contributed by atoms with E-state index in [1.165, 1.54) is 12.1 Å². The Morgan fingerprint density at radius 2 is 2.18 bits per heavy atom. The van der Waals surface area contributed by atoms with Crippen LogP contribution in [0.3, 0.4) is 0 Å². The molecule has 1 N–H and O–H groups in total. The highest BCUT2D eigenvalue weighted by atomic mass is 32.2. The summed E-state index contributed by atoms with van der Waals surface area (Å²) in [6.45, 7) is 6.91. The Labute approximate surface area is 135 Å². The number of nitrogens with zero attached hydrogens (tertiary/aromatic N) is 2. The van der Waals surface area contributed by atoms with Crippen molar-refractivity contribution in [2.45, 2.75) is 25.0 Å². The van der Waals surface area contributed by atoms with Gasteiger partial charge < -0.3 is 10.2 Å². The van der Waals surface area contributed by atoms with Gasteiger partial charge in [-0.2, -0.15) is 11.8 Å². The summed E-state index contributed by atoms with van der Waals surface area (Å²) in [6, 6.07) is 3.71. The van der Waals surface area contributed by atoms with Crippen molar-refractivity contribution < 1.29 is 8.78 Å². The van der Waals surface area contributed by atoms with Crippen molar-refractivity contribution in [3.8, 4) is 0 Å². The fourth-order valence-corrected chi connectivity index (χ4v) is 3.67. The molecule has 1 aliphatic rings. The van der Waals surface area contributed by atoms with Crippen molar-refractivity contribution in [3.63, 3.8) is 0 Å². The van der Waals surface area contributed by atoms with Crippen LogP contribution in [0.2, 0.25) is 0 Å². The largest absolute Gasteiger partial charge is 0.356 e. The van der Waals surface area contributed by atoms with Crippen LogP contribution in [-0.4, -0.2) is 48.0 Å². The molecule has 1 aromatic carbocycles. The topological polar surface area (TPSA) is 27.6 Å². The molecule has 0 aliphatic carbocycles. The molecule has 6 heteroatoms. The molecule has 0 bridgehead atoms. The van der Waals surface area contributed by atoms with Gasteiger partial charge in [0.1, 0.15) is 11.6 Å². The first-order chi connectivity index (χ1) is 10.4. The molecule has 0 spiro atoms. The zero-order valence-electron chi connectivity index (χ0n) is 13.3. The van der Waals surface area contributed by atoms with Gasteiger partial charge in [0.2, 0.25) is 0 Å². The summed E-state index contributed by atoms with van der Waals surface area (Å²) >= 11 is 1.97. The average molecular weight is 327 g/mol. The lowest BCUT2D eigenvalue weighted by molar-refractivity contribution is 0.376. The first kappa shape index (κ1) is 17.1. The summed E-state index contributed by atoms with van der Waals surface area (Å²) in [4.78, 5) is 6.55. The third kappa shape index (κ3) is 4.60. The number of benzene rings is 1. The molecule has 1 aliphatic heterocycles. The molecule has 1 heterocycles. The van der Waals surface area contributed by atoms with Crippen molar-refractivity contribution >= 4 is 17.7 Å². The number of thioether (sulfide) groups is 1. The first-order valence-electron chi connectivity index (χ1n) is 7.45. The van der Waals surface area contributed by atoms with Gasteiger partial charge in [-0.25, -0.2) is 8.78 Å². The van der Waals surface area contributed by atoms with Gasteiger partial charge in [0.15, 0.2) is 5.96 Å². The molecule has 1 aromatic rings. The Kier molecular flexibility index (Phi) is 5.67. The third-order valence-electron chi connectivity index (χ3n) is 3.63. The molecule has 1 saturated heterocycles. The van der Waals surface area contributed by atoms with Gasteiger partial charge in [-0.1, -0.05) is 6.07 Å². The van der Waals surface area contributed by atoms with Gasteiger partial charge in [-0.3, -0.25) is 4.99 Å². The van der Waals surface area contributed by atoms with Crippen LogP contribution in [-0.2, 0) is 6.42 Å². The monoisotopic (exact) mass is 327 g/mol. The van der Waals surface area contributed by atoms with E-state index in [-0.39, 0.29) is 4.75 Å². The highest BCUT2D eigenvalue weighted by Gasteiger charge is 2.28. The Morgan fingerprint density at radius 3 is 2.82 bits per heavy atom. The molecule has 0 aromatic heterocycles. The highest BCUT2D eigenvalue weighted by Crippen LogP contribution is 2.29. The molecule has 0 unspecified atom stereocenters. The molecule has 1 fully saturated rings. The fraction of sp³-hybridized carbons (Fsp3) is 0.562. The summed E-state index contributed by atoms with van der Waals surface area (Å²) in [5, 5.41) is 3.27. The molecule has 22 heavy (non-hydrogen) atoms. The van der Waals surface area contributed by atoms with Gasteiger partial charge in [0, 0.05) is 43.2 Å². The lowest BCUT2D eigenvalue weighted by Crippen LogP contribution is -2.51.